The van der Waals surface area contributed by atoms with Gasteiger partial charge in [-0.1, -0.05) is 0 Å². The predicted octanol–water partition coefficient (Wildman–Crippen LogP) is 2.69. The molecule has 25 heavy (non-hydrogen) atoms. The second-order valence-corrected chi connectivity index (χ2v) is 4.72. The Kier molecular flexibility index (Phi) is 3.65. The lowest BCUT2D eigenvalue weighted by Crippen LogP contribution is -2.03. The van der Waals surface area contributed by atoms with Gasteiger partial charge in [0.2, 0.25) is 0 Å². The third-order valence-electron chi connectivity index (χ3n) is 3.21. The van der Waals surface area contributed by atoms with Gasteiger partial charge in [-0.2, -0.15) is 0 Å². The van der Waals surface area contributed by atoms with Gasteiger partial charge in [0.05, 0.1) is 26.9 Å². The molecular weight excluding hydrogens is 340 g/mol. The van der Waals surface area contributed by atoms with Gasteiger partial charge < -0.3 is 5.32 Å². The fraction of sp³-hybridized carbons (Fsp3) is 0. The van der Waals surface area contributed by atoms with Crippen molar-refractivity contribution in [3.05, 3.63) is 60.7 Å². The number of rotatable bonds is 5. The molecule has 13 nitrogen and oxygen atoms in total. The Morgan fingerprint density at radius 3 is 2.00 bits per heavy atom. The van der Waals surface area contributed by atoms with Crippen molar-refractivity contribution >= 4 is 39.5 Å². The van der Waals surface area contributed by atoms with Crippen LogP contribution in [0.3, 0.4) is 0 Å². The van der Waals surface area contributed by atoms with E-state index < -0.39 is 37.5 Å². The third-order valence-corrected chi connectivity index (χ3v) is 3.21. The zero-order valence-electron chi connectivity index (χ0n) is 12.0. The molecule has 1 N–H and O–H groups in total. The molecule has 0 fully saturated rings. The van der Waals surface area contributed by atoms with Crippen molar-refractivity contribution in [1.82, 2.24) is 10.3 Å². The molecule has 0 aliphatic carbocycles. The van der Waals surface area contributed by atoms with Crippen LogP contribution in [-0.4, -0.2) is 25.1 Å². The summed E-state index contributed by atoms with van der Waals surface area (Å²) in [5, 5.41) is 43.0. The van der Waals surface area contributed by atoms with Crippen LogP contribution in [-0.2, 0) is 0 Å². The first-order valence-electron chi connectivity index (χ1n) is 6.47. The van der Waals surface area contributed by atoms with Crippen LogP contribution in [0.25, 0.3) is 11.0 Å². The Balaban J connectivity index is 2.16. The molecule has 126 valence electrons. The van der Waals surface area contributed by atoms with E-state index in [9.17, 15) is 30.3 Å². The second-order valence-electron chi connectivity index (χ2n) is 4.72. The van der Waals surface area contributed by atoms with E-state index in [0.29, 0.717) is 23.2 Å². The zero-order chi connectivity index (χ0) is 18.1. The Morgan fingerprint density at radius 2 is 1.44 bits per heavy atom. The highest BCUT2D eigenvalue weighted by Crippen LogP contribution is 2.40. The van der Waals surface area contributed by atoms with Crippen LogP contribution in [0.1, 0.15) is 0 Å². The quantitative estimate of drug-likeness (QED) is 0.532. The normalized spacial score (nSPS) is 10.6. The number of aromatic nitrogens is 2. The molecule has 0 atom stereocenters. The summed E-state index contributed by atoms with van der Waals surface area (Å²) in [6.07, 6.45) is 0. The minimum atomic E-state index is -0.948. The van der Waals surface area contributed by atoms with E-state index in [4.69, 9.17) is 0 Å². The first-order valence-corrected chi connectivity index (χ1v) is 6.47. The van der Waals surface area contributed by atoms with Crippen molar-refractivity contribution < 1.29 is 19.4 Å². The summed E-state index contributed by atoms with van der Waals surface area (Å²) in [5.74, 6) is 0. The van der Waals surface area contributed by atoms with Crippen molar-refractivity contribution in [3.8, 4) is 0 Å². The number of hydrogen-bond donors (Lipinski definition) is 1. The Labute approximate surface area is 136 Å². The largest absolute Gasteiger partial charge is 0.344 e. The Bertz CT molecular complexity index is 995. The maximum absolute atomic E-state index is 11.2. The molecule has 0 saturated carbocycles. The van der Waals surface area contributed by atoms with Crippen LogP contribution in [0.15, 0.2) is 35.0 Å². The van der Waals surface area contributed by atoms with E-state index in [1.165, 1.54) is 18.2 Å². The van der Waals surface area contributed by atoms with Gasteiger partial charge in [0, 0.05) is 5.69 Å². The third kappa shape index (κ3) is 2.88. The van der Waals surface area contributed by atoms with Gasteiger partial charge in [-0.25, -0.2) is 4.63 Å². The van der Waals surface area contributed by atoms with Crippen LogP contribution in [0.2, 0.25) is 0 Å². The van der Waals surface area contributed by atoms with Gasteiger partial charge in [-0.15, -0.1) is 0 Å². The molecule has 3 aromatic rings. The van der Waals surface area contributed by atoms with Crippen LogP contribution in [0.5, 0.6) is 0 Å². The minimum absolute atomic E-state index is 0.225. The number of nitrogens with one attached hydrogen (secondary N) is 1. The van der Waals surface area contributed by atoms with Crippen LogP contribution < -0.4 is 5.32 Å². The summed E-state index contributed by atoms with van der Waals surface area (Å²) in [4.78, 5) is 30.4. The van der Waals surface area contributed by atoms with Gasteiger partial charge in [0.1, 0.15) is 11.0 Å². The van der Waals surface area contributed by atoms with E-state index in [1.807, 2.05) is 0 Å². The molecule has 0 radical (unpaired) electrons. The SMILES string of the molecule is O=[N+]([O-])c1cc([N+](=O)[O-])c(Nc2ccc3nonc3c2)c([N+](=O)[O-])c1. The first kappa shape index (κ1) is 15.7. The summed E-state index contributed by atoms with van der Waals surface area (Å²) >= 11 is 0. The molecule has 1 heterocycles. The molecule has 2 aromatic carbocycles. The minimum Gasteiger partial charge on any atom is -0.344 e. The molecule has 3 rings (SSSR count). The fourth-order valence-corrected chi connectivity index (χ4v) is 2.12. The Hall–Kier alpha value is -4.16. The van der Waals surface area contributed by atoms with E-state index in [0.717, 1.165) is 0 Å². The van der Waals surface area contributed by atoms with Gasteiger partial charge in [0.25, 0.3) is 5.69 Å². The van der Waals surface area contributed by atoms with Crippen LogP contribution in [0, 0.1) is 30.3 Å². The number of non-ortho nitro benzene ring substituents is 1. The lowest BCUT2D eigenvalue weighted by molar-refractivity contribution is -0.401. The fourth-order valence-electron chi connectivity index (χ4n) is 2.12. The zero-order valence-corrected chi connectivity index (χ0v) is 12.0. The van der Waals surface area contributed by atoms with Crippen LogP contribution >= 0.6 is 0 Å². The van der Waals surface area contributed by atoms with Gasteiger partial charge in [0.15, 0.2) is 5.69 Å². The number of nitro groups is 3. The molecule has 0 unspecified atom stereocenters. The summed E-state index contributed by atoms with van der Waals surface area (Å²) in [5.41, 5.74) is -1.91. The maximum Gasteiger partial charge on any atom is 0.306 e. The van der Waals surface area contributed by atoms with Crippen molar-refractivity contribution in [2.75, 3.05) is 5.32 Å². The number of fused-ring (bicyclic) bond motifs is 1. The molecule has 0 spiro atoms. The predicted molar refractivity (Wildman–Crippen MR) is 81.5 cm³/mol. The van der Waals surface area contributed by atoms with Crippen molar-refractivity contribution in [2.24, 2.45) is 0 Å². The molecule has 0 aliphatic heterocycles. The summed E-state index contributed by atoms with van der Waals surface area (Å²) < 4.78 is 4.52. The number of nitro benzene ring substituents is 3. The van der Waals surface area contributed by atoms with E-state index in [2.05, 4.69) is 20.3 Å². The highest BCUT2D eigenvalue weighted by Gasteiger charge is 2.30. The summed E-state index contributed by atoms with van der Waals surface area (Å²) in [6, 6.07) is 5.62. The molecule has 1 aromatic heterocycles. The molecule has 0 aliphatic rings. The first-order chi connectivity index (χ1) is 11.9. The molecular formula is C12H6N6O7. The van der Waals surface area contributed by atoms with Crippen molar-refractivity contribution in [3.63, 3.8) is 0 Å². The highest BCUT2D eigenvalue weighted by atomic mass is 16.6. The van der Waals surface area contributed by atoms with E-state index in [-0.39, 0.29) is 5.69 Å². The van der Waals surface area contributed by atoms with Gasteiger partial charge in [-0.3, -0.25) is 30.3 Å². The maximum atomic E-state index is 11.2. The lowest BCUT2D eigenvalue weighted by atomic mass is 10.2. The Morgan fingerprint density at radius 1 is 0.840 bits per heavy atom. The summed E-state index contributed by atoms with van der Waals surface area (Å²) in [7, 11) is 0. The smallest absolute Gasteiger partial charge is 0.306 e. The molecule has 13 heteroatoms. The molecule has 0 saturated heterocycles. The van der Waals surface area contributed by atoms with E-state index in [1.54, 1.807) is 0 Å². The standard InChI is InChI=1S/C12H6N6O7/c19-16(20)7-4-10(17(21)22)12(11(5-7)18(23)24)13-6-1-2-8-9(3-6)15-25-14-8/h1-5,13H. The number of nitrogens with zero attached hydrogens (tertiary/aromatic N) is 5. The second kappa shape index (κ2) is 5.80. The molecule has 0 bridgehead atoms. The average molecular weight is 346 g/mol. The topological polar surface area (TPSA) is 180 Å². The summed E-state index contributed by atoms with van der Waals surface area (Å²) in [6.45, 7) is 0. The average Bonchev–Trinajstić information content (AvgIpc) is 3.01. The van der Waals surface area contributed by atoms with Crippen molar-refractivity contribution in [1.29, 1.82) is 0 Å². The lowest BCUT2D eigenvalue weighted by Gasteiger charge is -2.07. The van der Waals surface area contributed by atoms with E-state index >= 15 is 0 Å². The van der Waals surface area contributed by atoms with Crippen molar-refractivity contribution in [2.45, 2.75) is 0 Å². The van der Waals surface area contributed by atoms with Gasteiger partial charge >= 0.3 is 11.4 Å². The van der Waals surface area contributed by atoms with Gasteiger partial charge in [-0.05, 0) is 28.5 Å². The monoisotopic (exact) mass is 346 g/mol. The number of hydrogen-bond acceptors (Lipinski definition) is 10. The van der Waals surface area contributed by atoms with Crippen LogP contribution in [0.4, 0.5) is 28.4 Å². The number of anilines is 2. The highest BCUT2D eigenvalue weighted by molar-refractivity contribution is 5.84. The number of benzene rings is 2. The molecule has 0 amide bonds.